The SMILES string of the molecule is CC(C)(C)OC(=O)N1CCCC1CO.CC(C)(C)OC(=O)N1CCCC1COc1ccnc(N)c1.CN(C)c1cc(OCC2CCCC2)ccn1.CN(C)c1cc(OCC2CCCN2C#N)ccn1.CN(C)c1cc(OCC2CCCN2C(=O)OC(C)(C)C)ccn1.Cc1ccc(S(=O)(=O)OCC2CCCN2C(=O)OC(C)(C)C)cc1.Cc1ccc(S(=O)(=O)OCC2CCCN2C(=O)OC(C)(C)C)cc1.Nc1cc(=O)cc[nH]1. The second-order valence-electron chi connectivity index (χ2n) is 42.7. The number of ether oxygens (including phenoxy) is 9. The Labute approximate surface area is 876 Å². The number of aryl methyl sites for hydroxylation is 2. The number of amides is 5. The van der Waals surface area contributed by atoms with Gasteiger partial charge in [-0.2, -0.15) is 22.1 Å². The first-order valence-corrected chi connectivity index (χ1v) is 53.5. The predicted octanol–water partition coefficient (Wildman–Crippen LogP) is 17.1. The van der Waals surface area contributed by atoms with Gasteiger partial charge in [-0.15, -0.1) is 0 Å². The van der Waals surface area contributed by atoms with Crippen LogP contribution in [0.25, 0.3) is 0 Å². The molecule has 1 saturated carbocycles. The quantitative estimate of drug-likeness (QED) is 0.0248. The van der Waals surface area contributed by atoms with Gasteiger partial charge in [-0.3, -0.25) is 13.2 Å². The number of anilines is 5. The lowest BCUT2D eigenvalue weighted by atomic mass is 10.1. The van der Waals surface area contributed by atoms with Gasteiger partial charge in [0.1, 0.15) is 99.9 Å². The molecule has 14 rings (SSSR count). The summed E-state index contributed by atoms with van der Waals surface area (Å²) in [5.74, 6) is 7.41. The van der Waals surface area contributed by atoms with Crippen LogP contribution in [0.5, 0.6) is 23.0 Å². The molecule has 11 heterocycles. The lowest BCUT2D eigenvalue weighted by Gasteiger charge is -2.28. The van der Waals surface area contributed by atoms with Gasteiger partial charge in [0.05, 0.1) is 72.5 Å². The van der Waals surface area contributed by atoms with Gasteiger partial charge in [-0.05, 0) is 262 Å². The number of aromatic amines is 1. The maximum Gasteiger partial charge on any atom is 0.410 e. The van der Waals surface area contributed by atoms with E-state index in [0.29, 0.717) is 76.2 Å². The third-order valence-corrected chi connectivity index (χ3v) is 26.1. The zero-order chi connectivity index (χ0) is 109. The third-order valence-electron chi connectivity index (χ3n) is 23.6. The minimum absolute atomic E-state index is 0.0270. The van der Waals surface area contributed by atoms with Crippen LogP contribution in [0.2, 0.25) is 0 Å². The summed E-state index contributed by atoms with van der Waals surface area (Å²) in [6.45, 7) is 37.6. The van der Waals surface area contributed by atoms with Crippen molar-refractivity contribution in [2.45, 2.75) is 294 Å². The van der Waals surface area contributed by atoms with E-state index in [-0.39, 0.29) is 89.6 Å². The second-order valence-corrected chi connectivity index (χ2v) is 46.0. The van der Waals surface area contributed by atoms with Crippen molar-refractivity contribution in [3.63, 3.8) is 0 Å². The molecule has 39 nitrogen and oxygen atoms in total. The number of H-pyrrole nitrogens is 1. The molecule has 2 aromatic carbocycles. The Morgan fingerprint density at radius 3 is 0.980 bits per heavy atom. The van der Waals surface area contributed by atoms with Crippen LogP contribution in [-0.4, -0.2) is 299 Å². The Morgan fingerprint density at radius 1 is 0.392 bits per heavy atom. The summed E-state index contributed by atoms with van der Waals surface area (Å²) < 4.78 is 109. The number of hydrogen-bond donors (Lipinski definition) is 4. The average molecular weight is 2100 g/mol. The summed E-state index contributed by atoms with van der Waals surface area (Å²) in [6.07, 6.45) is 25.0. The molecule has 7 fully saturated rings. The van der Waals surface area contributed by atoms with Crippen LogP contribution in [-0.2, 0) is 52.3 Å². The number of nitrogens with two attached hydrogens (primary N) is 2. The molecule has 0 spiro atoms. The normalized spacial score (nSPS) is 18.1. The number of carbonyl (C=O) groups is 5. The van der Waals surface area contributed by atoms with E-state index in [4.69, 9.17) is 72.8 Å². The smallest absolute Gasteiger partial charge is 0.410 e. The highest BCUT2D eigenvalue weighted by molar-refractivity contribution is 7.87. The zero-order valence-corrected chi connectivity index (χ0v) is 92.7. The molecule has 148 heavy (non-hydrogen) atoms. The van der Waals surface area contributed by atoms with Gasteiger partial charge in [-0.1, -0.05) is 48.2 Å². The molecule has 6 saturated heterocycles. The topological polar surface area (TPSA) is 465 Å². The fraction of sp³-hybridized carbons (Fsp3) is 0.598. The van der Waals surface area contributed by atoms with Crippen molar-refractivity contribution in [3.8, 4) is 29.2 Å². The van der Waals surface area contributed by atoms with Crippen LogP contribution >= 0.6 is 0 Å². The van der Waals surface area contributed by atoms with Crippen molar-refractivity contribution < 1.29 is 96.9 Å². The van der Waals surface area contributed by atoms with Gasteiger partial charge in [0.15, 0.2) is 11.6 Å². The highest BCUT2D eigenvalue weighted by Gasteiger charge is 2.39. The zero-order valence-electron chi connectivity index (χ0n) is 91.1. The van der Waals surface area contributed by atoms with Gasteiger partial charge >= 0.3 is 30.5 Å². The minimum atomic E-state index is -3.83. The second kappa shape index (κ2) is 58.0. The van der Waals surface area contributed by atoms with Crippen LogP contribution in [0.1, 0.15) is 218 Å². The summed E-state index contributed by atoms with van der Waals surface area (Å²) in [4.78, 5) is 106. The molecule has 7 aliphatic rings. The molecule has 0 radical (unpaired) electrons. The first-order valence-electron chi connectivity index (χ1n) is 50.7. The number of carbonyl (C=O) groups excluding carboxylic acids is 5. The number of aliphatic hydroxyl groups is 1. The molecule has 820 valence electrons. The Kier molecular flexibility index (Phi) is 48.0. The van der Waals surface area contributed by atoms with Gasteiger partial charge in [0.2, 0.25) is 0 Å². The van der Waals surface area contributed by atoms with E-state index in [1.165, 1.54) is 68.3 Å². The monoisotopic (exact) mass is 2100 g/mol. The fourth-order valence-corrected chi connectivity index (χ4v) is 17.9. The molecule has 6 unspecified atom stereocenters. The maximum atomic E-state index is 12.3. The minimum Gasteiger partial charge on any atom is -0.493 e. The number of hydrogen-bond acceptors (Lipinski definition) is 33. The Morgan fingerprint density at radius 2 is 0.682 bits per heavy atom. The Bertz CT molecular complexity index is 5480. The van der Waals surface area contributed by atoms with Crippen LogP contribution in [0.3, 0.4) is 0 Å². The molecule has 6 atom stereocenters. The number of nitrogens with one attached hydrogen (secondary N) is 1. The molecule has 7 aromatic rings. The third kappa shape index (κ3) is 44.6. The van der Waals surface area contributed by atoms with Crippen LogP contribution in [0.15, 0.2) is 155 Å². The molecular formula is C107H163N17O22S2. The number of likely N-dealkylation sites (tertiary alicyclic amines) is 6. The number of nitrogen functional groups attached to an aromatic ring is 2. The van der Waals surface area contributed by atoms with E-state index >= 15 is 0 Å². The van der Waals surface area contributed by atoms with Crippen molar-refractivity contribution in [3.05, 3.63) is 162 Å². The number of nitriles is 1. The number of rotatable bonds is 24. The van der Waals surface area contributed by atoms with Crippen molar-refractivity contribution in [2.24, 2.45) is 5.92 Å². The number of aromatic nitrogens is 5. The molecule has 41 heteroatoms. The molecule has 6 N–H and O–H groups in total. The van der Waals surface area contributed by atoms with E-state index in [1.54, 1.807) is 132 Å². The molecule has 5 aromatic heterocycles. The summed E-state index contributed by atoms with van der Waals surface area (Å²) in [5.41, 5.74) is 10.1. The lowest BCUT2D eigenvalue weighted by molar-refractivity contribution is 0.0169. The first-order chi connectivity index (χ1) is 69.5. The van der Waals surface area contributed by atoms with Crippen LogP contribution in [0.4, 0.5) is 53.1 Å². The van der Waals surface area contributed by atoms with E-state index in [0.717, 1.165) is 136 Å². The molecule has 5 amide bonds. The number of nitrogens with zero attached hydrogens (tertiary/aromatic N) is 14. The Hall–Kier alpha value is -12.4. The van der Waals surface area contributed by atoms with E-state index in [9.17, 15) is 45.6 Å². The largest absolute Gasteiger partial charge is 0.493 e. The van der Waals surface area contributed by atoms with E-state index in [2.05, 4.69) is 31.1 Å². The van der Waals surface area contributed by atoms with Crippen LogP contribution in [0, 0.1) is 31.2 Å². The summed E-state index contributed by atoms with van der Waals surface area (Å²) >= 11 is 0. The number of benzene rings is 2. The average Bonchev–Trinajstić information content (AvgIpc) is 1.04. The summed E-state index contributed by atoms with van der Waals surface area (Å²) in [7, 11) is 4.09. The van der Waals surface area contributed by atoms with E-state index in [1.807, 2.05) is 170 Å². The fourth-order valence-electron chi connectivity index (χ4n) is 16.0. The van der Waals surface area contributed by atoms with Crippen LogP contribution < -0.4 is 50.5 Å². The molecule has 6 aliphatic heterocycles. The first kappa shape index (κ1) is 123. The highest BCUT2D eigenvalue weighted by atomic mass is 32.2. The summed E-state index contributed by atoms with van der Waals surface area (Å²) in [5, 5.41) is 18.0. The van der Waals surface area contributed by atoms with E-state index < -0.39 is 60.4 Å². The van der Waals surface area contributed by atoms with Crippen molar-refractivity contribution in [1.82, 2.24) is 54.3 Å². The molecular weight excluding hydrogens is 1940 g/mol. The van der Waals surface area contributed by atoms with Crippen molar-refractivity contribution in [2.75, 3.05) is 154 Å². The lowest BCUT2D eigenvalue weighted by Crippen LogP contribution is -2.42. The van der Waals surface area contributed by atoms with Gasteiger partial charge in [0, 0.05) is 149 Å². The number of aliphatic hydroxyl groups excluding tert-OH is 1. The molecule has 0 bridgehead atoms. The Balaban J connectivity index is 0.000000232. The van der Waals surface area contributed by atoms with Gasteiger partial charge in [0.25, 0.3) is 20.2 Å². The molecule has 1 aliphatic carbocycles. The number of pyridine rings is 5. The maximum absolute atomic E-state index is 12.3. The van der Waals surface area contributed by atoms with Crippen molar-refractivity contribution >= 4 is 79.8 Å². The standard InChI is InChI=1S/C17H27N3O3.2C17H25NO5S.C15H23N3O3.C13H18N4O.C13H20N2O.C10H19NO3.C5H6N2O/c1-17(2,3)23-16(21)20-10-6-7-13(20)12-22-14-8-9-18-15(11-14)19(4)5;2*1-13-7-9-15(10-8-13)24(20,21)22-12-14-6-5-11-18(14)16(19)23-17(2,3)4;1-15(2,3)21-14(19)18-8-4-5-11(18)10-20-12-6-7-17-13(16)9-12;1-16(2)13-8-12(5-6-15-13)18-9-11-4-3-7-17(11)10-14;1-15(2)13-9-12(7-8-14-13)16-10-11-5-3-4-6-11;1-10(2,3)14-9(13)11-6-4-5-8(11)7-12;6-5-3-4(8)1-2-7-5/h8-9,11,13H,6-7,10,12H2,1-5H3;2*7-10,14H,5-6,11-12H2,1-4H3;6-7,9,11H,4-5,8,10H2,1-3H3,(H2,16,17);5-6,8,11H,3-4,7,9H2,1-2H3;7-9,11H,3-6,10H2,1-2H3;8,12H,4-7H2,1-3H3;1-3H,(H3,6,7,8). The predicted molar refractivity (Wildman–Crippen MR) is 571 cm³/mol. The van der Waals surface area contributed by atoms with Gasteiger partial charge in [-0.25, -0.2) is 43.9 Å². The highest BCUT2D eigenvalue weighted by Crippen LogP contribution is 2.32. The van der Waals surface area contributed by atoms with Crippen molar-refractivity contribution in [1.29, 1.82) is 5.26 Å². The summed E-state index contributed by atoms with van der Waals surface area (Å²) in [6, 6.07) is 30.2. The van der Waals surface area contributed by atoms with Gasteiger partial charge < -0.3 is 108 Å².